The summed E-state index contributed by atoms with van der Waals surface area (Å²) < 4.78 is 9.62. The van der Waals surface area contributed by atoms with E-state index in [4.69, 9.17) is 10.5 Å². The first-order valence-electron chi connectivity index (χ1n) is 10.3. The topological polar surface area (TPSA) is 182 Å². The number of aliphatic carboxylic acids is 1. The number of nitrogens with two attached hydrogens (primary N) is 1. The van der Waals surface area contributed by atoms with Gasteiger partial charge in [0.05, 0.1) is 6.10 Å². The Hall–Kier alpha value is -4.61. The number of aromatic nitrogens is 2. The fourth-order valence-electron chi connectivity index (χ4n) is 2.91. The van der Waals surface area contributed by atoms with Crippen molar-refractivity contribution >= 4 is 41.3 Å². The molecule has 1 atom stereocenters. The third-order valence-electron chi connectivity index (χ3n) is 4.41. The van der Waals surface area contributed by atoms with E-state index in [9.17, 15) is 19.5 Å². The number of anilines is 4. The maximum atomic E-state index is 12.6. The lowest BCUT2D eigenvalue weighted by Gasteiger charge is -2.16. The number of carboxylic acids is 1. The first-order chi connectivity index (χ1) is 16.2. The maximum absolute atomic E-state index is 12.6. The smallest absolute Gasteiger partial charge is 0.408 e. The van der Waals surface area contributed by atoms with Gasteiger partial charge in [-0.3, -0.25) is 4.79 Å². The molecule has 3 rings (SSSR count). The van der Waals surface area contributed by atoms with Gasteiger partial charge in [0.25, 0.3) is 11.9 Å². The zero-order valence-corrected chi connectivity index (χ0v) is 18.4. The summed E-state index contributed by atoms with van der Waals surface area (Å²) in [5.41, 5.74) is 7.49. The van der Waals surface area contributed by atoms with Crippen LogP contribution in [0.15, 0.2) is 53.1 Å². The molecule has 0 aliphatic heterocycles. The van der Waals surface area contributed by atoms with E-state index >= 15 is 0 Å². The van der Waals surface area contributed by atoms with Gasteiger partial charge in [-0.05, 0) is 54.9 Å². The molecule has 0 saturated carbocycles. The van der Waals surface area contributed by atoms with Crippen LogP contribution in [0.4, 0.5) is 28.1 Å². The highest BCUT2D eigenvalue weighted by atomic mass is 16.6. The molecular weight excluding hydrogens is 444 g/mol. The standard InChI is InChI=1S/C22H24N6O6/c1-12(2)33-22(32)26-17(19(30)31)10-13-6-8-15(9-7-13)24-18(29)14-4-3-5-16(11-14)25-21-27-20(23)34-28-21/h3-9,11-12,17H,10H2,1-2H3,(H,24,29)(H,26,32)(H,30,31)(H3,23,25,27,28)/t17-/m0/s1. The van der Waals surface area contributed by atoms with Gasteiger partial charge < -0.3 is 36.1 Å². The van der Waals surface area contributed by atoms with Crippen molar-refractivity contribution in [3.8, 4) is 0 Å². The van der Waals surface area contributed by atoms with Crippen molar-refractivity contribution in [3.05, 3.63) is 59.7 Å². The van der Waals surface area contributed by atoms with Gasteiger partial charge in [-0.1, -0.05) is 18.2 Å². The van der Waals surface area contributed by atoms with Gasteiger partial charge in [0, 0.05) is 23.4 Å². The first-order valence-corrected chi connectivity index (χ1v) is 10.3. The normalized spacial score (nSPS) is 11.5. The zero-order valence-electron chi connectivity index (χ0n) is 18.4. The Balaban J connectivity index is 1.60. The van der Waals surface area contributed by atoms with Gasteiger partial charge in [-0.25, -0.2) is 9.59 Å². The molecule has 34 heavy (non-hydrogen) atoms. The lowest BCUT2D eigenvalue weighted by molar-refractivity contribution is -0.139. The third-order valence-corrected chi connectivity index (χ3v) is 4.41. The van der Waals surface area contributed by atoms with Crippen LogP contribution in [0.5, 0.6) is 0 Å². The number of benzene rings is 2. The summed E-state index contributed by atoms with van der Waals surface area (Å²) in [5, 5.41) is 21.0. The van der Waals surface area contributed by atoms with Gasteiger partial charge in [0.1, 0.15) is 6.04 Å². The predicted octanol–water partition coefficient (Wildman–Crippen LogP) is 2.78. The molecule has 0 fully saturated rings. The number of nitrogens with zero attached hydrogens (tertiary/aromatic N) is 2. The number of nitrogens with one attached hydrogen (secondary N) is 3. The average Bonchev–Trinajstić information content (AvgIpc) is 3.18. The summed E-state index contributed by atoms with van der Waals surface area (Å²) in [5.74, 6) is -1.38. The van der Waals surface area contributed by atoms with E-state index in [-0.39, 0.29) is 30.4 Å². The summed E-state index contributed by atoms with van der Waals surface area (Å²) in [4.78, 5) is 39.7. The van der Waals surface area contributed by atoms with Crippen LogP contribution in [-0.2, 0) is 16.0 Å². The van der Waals surface area contributed by atoms with Crippen molar-refractivity contribution in [2.45, 2.75) is 32.4 Å². The molecule has 0 radical (unpaired) electrons. The van der Waals surface area contributed by atoms with E-state index in [0.29, 0.717) is 22.5 Å². The summed E-state index contributed by atoms with van der Waals surface area (Å²) in [6, 6.07) is 12.0. The molecule has 2 amide bonds. The number of hydrogen-bond donors (Lipinski definition) is 5. The largest absolute Gasteiger partial charge is 0.480 e. The van der Waals surface area contributed by atoms with Gasteiger partial charge in [-0.2, -0.15) is 4.98 Å². The quantitative estimate of drug-likeness (QED) is 0.313. The minimum atomic E-state index is -1.19. The highest BCUT2D eigenvalue weighted by molar-refractivity contribution is 6.04. The van der Waals surface area contributed by atoms with Crippen LogP contribution in [0.3, 0.4) is 0 Å². The molecule has 0 aliphatic rings. The molecule has 1 aromatic heterocycles. The van der Waals surface area contributed by atoms with E-state index in [1.54, 1.807) is 62.4 Å². The SMILES string of the molecule is CC(C)OC(=O)N[C@@H](Cc1ccc(NC(=O)c2cccc(Nc3noc(N)n3)c2)cc1)C(=O)O. The number of carbonyl (C=O) groups is 3. The Morgan fingerprint density at radius 1 is 1.12 bits per heavy atom. The molecule has 0 bridgehead atoms. The fourth-order valence-corrected chi connectivity index (χ4v) is 2.91. The summed E-state index contributed by atoms with van der Waals surface area (Å²) >= 11 is 0. The third kappa shape index (κ3) is 6.95. The molecule has 3 aromatic rings. The first kappa shape index (κ1) is 24.0. The van der Waals surface area contributed by atoms with Crippen LogP contribution in [-0.4, -0.2) is 45.4 Å². The molecular formula is C22H24N6O6. The molecule has 178 valence electrons. The second kappa shape index (κ2) is 10.8. The van der Waals surface area contributed by atoms with Crippen LogP contribution >= 0.6 is 0 Å². The number of rotatable bonds is 9. The second-order valence-electron chi connectivity index (χ2n) is 7.51. The van der Waals surface area contributed by atoms with Crippen molar-refractivity contribution in [2.24, 2.45) is 0 Å². The second-order valence-corrected chi connectivity index (χ2v) is 7.51. The van der Waals surface area contributed by atoms with Crippen molar-refractivity contribution in [1.82, 2.24) is 15.5 Å². The highest BCUT2D eigenvalue weighted by Crippen LogP contribution is 2.18. The molecule has 6 N–H and O–H groups in total. The van der Waals surface area contributed by atoms with Crippen molar-refractivity contribution in [1.29, 1.82) is 0 Å². The van der Waals surface area contributed by atoms with Gasteiger partial charge in [0.2, 0.25) is 0 Å². The van der Waals surface area contributed by atoms with Crippen molar-refractivity contribution in [3.63, 3.8) is 0 Å². The Bertz CT molecular complexity index is 1160. The lowest BCUT2D eigenvalue weighted by Crippen LogP contribution is -2.43. The van der Waals surface area contributed by atoms with Gasteiger partial charge in [0.15, 0.2) is 0 Å². The van der Waals surface area contributed by atoms with Crippen molar-refractivity contribution < 1.29 is 28.8 Å². The number of carboxylic acid groups (broad SMARTS) is 1. The number of amides is 2. The van der Waals surface area contributed by atoms with E-state index in [2.05, 4.69) is 30.6 Å². The maximum Gasteiger partial charge on any atom is 0.408 e. The molecule has 2 aromatic carbocycles. The fraction of sp³-hybridized carbons (Fsp3) is 0.227. The number of nitrogen functional groups attached to an aromatic ring is 1. The molecule has 12 nitrogen and oxygen atoms in total. The van der Waals surface area contributed by atoms with E-state index in [1.165, 1.54) is 0 Å². The van der Waals surface area contributed by atoms with E-state index < -0.39 is 18.1 Å². The van der Waals surface area contributed by atoms with Crippen molar-refractivity contribution in [2.75, 3.05) is 16.4 Å². The van der Waals surface area contributed by atoms with Crippen LogP contribution in [0.1, 0.15) is 29.8 Å². The number of carbonyl (C=O) groups excluding carboxylic acids is 2. The van der Waals surface area contributed by atoms with Gasteiger partial charge in [-0.15, -0.1) is 0 Å². The Kier molecular flexibility index (Phi) is 7.64. The van der Waals surface area contributed by atoms with Gasteiger partial charge >= 0.3 is 18.1 Å². The number of hydrogen-bond acceptors (Lipinski definition) is 9. The number of ether oxygens (including phenoxy) is 1. The Labute approximate surface area is 194 Å². The molecule has 0 spiro atoms. The molecule has 0 unspecified atom stereocenters. The van der Waals surface area contributed by atoms with Crippen LogP contribution in [0, 0.1) is 0 Å². The average molecular weight is 468 g/mol. The summed E-state index contributed by atoms with van der Waals surface area (Å²) in [6.07, 6.45) is -1.12. The Morgan fingerprint density at radius 3 is 2.47 bits per heavy atom. The minimum Gasteiger partial charge on any atom is -0.480 e. The monoisotopic (exact) mass is 468 g/mol. The molecule has 1 heterocycles. The predicted molar refractivity (Wildman–Crippen MR) is 123 cm³/mol. The highest BCUT2D eigenvalue weighted by Gasteiger charge is 2.21. The Morgan fingerprint density at radius 2 is 1.85 bits per heavy atom. The molecule has 0 saturated heterocycles. The van der Waals surface area contributed by atoms with Crippen LogP contribution in [0.25, 0.3) is 0 Å². The van der Waals surface area contributed by atoms with E-state index in [0.717, 1.165) is 0 Å². The van der Waals surface area contributed by atoms with Crippen LogP contribution in [0.2, 0.25) is 0 Å². The van der Waals surface area contributed by atoms with E-state index in [1.807, 2.05) is 0 Å². The van der Waals surface area contributed by atoms with Crippen LogP contribution < -0.4 is 21.7 Å². The summed E-state index contributed by atoms with van der Waals surface area (Å²) in [7, 11) is 0. The number of alkyl carbamates (subject to hydrolysis) is 1. The summed E-state index contributed by atoms with van der Waals surface area (Å²) in [6.45, 7) is 3.33. The lowest BCUT2D eigenvalue weighted by atomic mass is 10.1. The minimum absolute atomic E-state index is 0.0467. The zero-order chi connectivity index (χ0) is 24.7. The molecule has 12 heteroatoms. The molecule has 0 aliphatic carbocycles.